The quantitative estimate of drug-likeness (QED) is 0.801. The number of anilines is 1. The van der Waals surface area contributed by atoms with Gasteiger partial charge >= 0.3 is 0 Å². The summed E-state index contributed by atoms with van der Waals surface area (Å²) in [7, 11) is 3.12. The maximum atomic E-state index is 12.1. The third-order valence-electron chi connectivity index (χ3n) is 3.73. The fraction of sp³-hybridized carbons (Fsp3) is 0.278. The number of carbonyl (C=O) groups excluding carboxylic acids is 1. The van der Waals surface area contributed by atoms with Gasteiger partial charge in [0.2, 0.25) is 12.7 Å². The minimum Gasteiger partial charge on any atom is -0.497 e. The molecule has 2 N–H and O–H groups in total. The number of hydrogen-bond acceptors (Lipinski definition) is 6. The number of carbonyl (C=O) groups is 1. The second-order valence-corrected chi connectivity index (χ2v) is 5.41. The average Bonchev–Trinajstić information content (AvgIpc) is 3.10. The number of benzene rings is 2. The van der Waals surface area contributed by atoms with E-state index in [9.17, 15) is 4.79 Å². The maximum absolute atomic E-state index is 12.1. The van der Waals surface area contributed by atoms with E-state index in [1.807, 2.05) is 18.2 Å². The highest BCUT2D eigenvalue weighted by Crippen LogP contribution is 2.32. The fourth-order valence-electron chi connectivity index (χ4n) is 2.47. The van der Waals surface area contributed by atoms with Gasteiger partial charge in [0.15, 0.2) is 11.5 Å². The highest BCUT2D eigenvalue weighted by molar-refractivity contribution is 5.93. The summed E-state index contributed by atoms with van der Waals surface area (Å²) < 4.78 is 21.0. The van der Waals surface area contributed by atoms with Crippen LogP contribution in [0.5, 0.6) is 23.0 Å². The lowest BCUT2D eigenvalue weighted by atomic mass is 10.2. The highest BCUT2D eigenvalue weighted by Gasteiger charge is 2.13. The zero-order valence-corrected chi connectivity index (χ0v) is 14.1. The number of ether oxygens (including phenoxy) is 4. The predicted octanol–water partition coefficient (Wildman–Crippen LogP) is 2.16. The molecule has 2 aromatic rings. The molecule has 0 fully saturated rings. The van der Waals surface area contributed by atoms with Crippen LogP contribution >= 0.6 is 0 Å². The number of nitrogens with one attached hydrogen (secondary N) is 2. The highest BCUT2D eigenvalue weighted by atomic mass is 16.7. The molecule has 132 valence electrons. The van der Waals surface area contributed by atoms with E-state index in [2.05, 4.69) is 10.6 Å². The molecular formula is C18H20N2O5. The van der Waals surface area contributed by atoms with Crippen LogP contribution < -0.4 is 29.6 Å². The Labute approximate surface area is 145 Å². The van der Waals surface area contributed by atoms with E-state index >= 15 is 0 Å². The van der Waals surface area contributed by atoms with Crippen molar-refractivity contribution in [3.63, 3.8) is 0 Å². The summed E-state index contributed by atoms with van der Waals surface area (Å²) in [4.78, 5) is 12.1. The molecule has 1 aliphatic rings. The third kappa shape index (κ3) is 4.13. The molecule has 0 atom stereocenters. The van der Waals surface area contributed by atoms with E-state index in [1.54, 1.807) is 32.4 Å². The summed E-state index contributed by atoms with van der Waals surface area (Å²) >= 11 is 0. The lowest BCUT2D eigenvalue weighted by molar-refractivity contribution is -0.115. The van der Waals surface area contributed by atoms with Crippen molar-refractivity contribution in [2.24, 2.45) is 0 Å². The van der Waals surface area contributed by atoms with Gasteiger partial charge in [-0.1, -0.05) is 6.07 Å². The monoisotopic (exact) mass is 344 g/mol. The number of fused-ring (bicyclic) bond motifs is 1. The smallest absolute Gasteiger partial charge is 0.238 e. The summed E-state index contributed by atoms with van der Waals surface area (Å²) in [5.74, 6) is 2.52. The van der Waals surface area contributed by atoms with E-state index in [1.165, 1.54) is 0 Å². The first-order valence-corrected chi connectivity index (χ1v) is 7.80. The van der Waals surface area contributed by atoms with Crippen LogP contribution in [0.15, 0.2) is 36.4 Å². The molecule has 25 heavy (non-hydrogen) atoms. The minimum atomic E-state index is -0.163. The Morgan fingerprint density at radius 2 is 1.92 bits per heavy atom. The number of rotatable bonds is 7. The van der Waals surface area contributed by atoms with Gasteiger partial charge in [-0.25, -0.2) is 0 Å². The van der Waals surface area contributed by atoms with Crippen LogP contribution in [0.4, 0.5) is 5.69 Å². The van der Waals surface area contributed by atoms with Crippen LogP contribution in [-0.4, -0.2) is 33.5 Å². The Morgan fingerprint density at radius 3 is 2.72 bits per heavy atom. The molecule has 0 aromatic heterocycles. The Morgan fingerprint density at radius 1 is 1.08 bits per heavy atom. The normalized spacial score (nSPS) is 11.9. The Bertz CT molecular complexity index is 763. The van der Waals surface area contributed by atoms with Crippen molar-refractivity contribution in [3.05, 3.63) is 42.0 Å². The summed E-state index contributed by atoms with van der Waals surface area (Å²) in [6.07, 6.45) is 0. The molecular weight excluding hydrogens is 324 g/mol. The van der Waals surface area contributed by atoms with Crippen molar-refractivity contribution in [3.8, 4) is 23.0 Å². The van der Waals surface area contributed by atoms with Crippen molar-refractivity contribution >= 4 is 11.6 Å². The molecule has 3 rings (SSSR count). The predicted molar refractivity (Wildman–Crippen MR) is 92.4 cm³/mol. The minimum absolute atomic E-state index is 0.163. The lowest BCUT2D eigenvalue weighted by Gasteiger charge is -2.12. The topological polar surface area (TPSA) is 78.1 Å². The molecule has 7 nitrogen and oxygen atoms in total. The van der Waals surface area contributed by atoms with E-state index in [-0.39, 0.29) is 19.2 Å². The van der Waals surface area contributed by atoms with Gasteiger partial charge in [0.25, 0.3) is 0 Å². The van der Waals surface area contributed by atoms with Crippen molar-refractivity contribution in [2.75, 3.05) is 32.9 Å². The van der Waals surface area contributed by atoms with Gasteiger partial charge in [0.1, 0.15) is 11.5 Å². The molecule has 0 saturated carbocycles. The molecule has 0 radical (unpaired) electrons. The van der Waals surface area contributed by atoms with Crippen LogP contribution in [0.25, 0.3) is 0 Å². The molecule has 0 bridgehead atoms. The van der Waals surface area contributed by atoms with E-state index < -0.39 is 0 Å². The fourth-order valence-corrected chi connectivity index (χ4v) is 2.47. The van der Waals surface area contributed by atoms with Crippen LogP contribution in [0.3, 0.4) is 0 Å². The van der Waals surface area contributed by atoms with Gasteiger partial charge in [-0.05, 0) is 29.8 Å². The second kappa shape index (κ2) is 7.76. The summed E-state index contributed by atoms with van der Waals surface area (Å²) in [5, 5.41) is 5.91. The molecule has 0 unspecified atom stereocenters. The van der Waals surface area contributed by atoms with Gasteiger partial charge in [0, 0.05) is 12.6 Å². The first-order chi connectivity index (χ1) is 12.2. The van der Waals surface area contributed by atoms with Crippen molar-refractivity contribution in [2.45, 2.75) is 6.54 Å². The van der Waals surface area contributed by atoms with Gasteiger partial charge in [-0.15, -0.1) is 0 Å². The second-order valence-electron chi connectivity index (χ2n) is 5.41. The summed E-state index contributed by atoms with van der Waals surface area (Å²) in [6.45, 7) is 0.964. The SMILES string of the molecule is COc1ccc(NC(=O)CNCc2ccc3c(c2)OCO3)c(OC)c1. The zero-order valence-electron chi connectivity index (χ0n) is 14.1. The molecule has 2 aromatic carbocycles. The molecule has 0 spiro atoms. The average molecular weight is 344 g/mol. The van der Waals surface area contributed by atoms with Gasteiger partial charge in [-0.3, -0.25) is 4.79 Å². The first-order valence-electron chi connectivity index (χ1n) is 7.80. The number of methoxy groups -OCH3 is 2. The lowest BCUT2D eigenvalue weighted by Crippen LogP contribution is -2.27. The molecule has 1 heterocycles. The van der Waals surface area contributed by atoms with Crippen molar-refractivity contribution in [1.82, 2.24) is 5.32 Å². The number of amides is 1. The van der Waals surface area contributed by atoms with Crippen molar-refractivity contribution in [1.29, 1.82) is 0 Å². The van der Waals surface area contributed by atoms with E-state index in [4.69, 9.17) is 18.9 Å². The Kier molecular flexibility index (Phi) is 5.25. The van der Waals surface area contributed by atoms with E-state index in [0.29, 0.717) is 23.7 Å². The summed E-state index contributed by atoms with van der Waals surface area (Å²) in [6, 6.07) is 10.9. The van der Waals surface area contributed by atoms with Gasteiger partial charge < -0.3 is 29.6 Å². The molecule has 1 amide bonds. The molecule has 7 heteroatoms. The van der Waals surface area contributed by atoms with Crippen molar-refractivity contribution < 1.29 is 23.7 Å². The Hall–Kier alpha value is -2.93. The van der Waals surface area contributed by atoms with Crippen LogP contribution in [0.1, 0.15) is 5.56 Å². The van der Waals surface area contributed by atoms with Gasteiger partial charge in [0.05, 0.1) is 26.5 Å². The standard InChI is InChI=1S/C18H20N2O5/c1-22-13-4-5-14(16(8-13)23-2)20-18(21)10-19-9-12-3-6-15-17(7-12)25-11-24-15/h3-8,19H,9-11H2,1-2H3,(H,20,21). The third-order valence-corrected chi connectivity index (χ3v) is 3.73. The molecule has 0 aliphatic carbocycles. The van der Waals surface area contributed by atoms with Gasteiger partial charge in [-0.2, -0.15) is 0 Å². The van der Waals surface area contributed by atoms with Crippen LogP contribution in [0.2, 0.25) is 0 Å². The van der Waals surface area contributed by atoms with E-state index in [0.717, 1.165) is 17.1 Å². The number of hydrogen-bond donors (Lipinski definition) is 2. The first kappa shape index (κ1) is 16.9. The summed E-state index contributed by atoms with van der Waals surface area (Å²) in [5.41, 5.74) is 1.61. The molecule has 0 saturated heterocycles. The van der Waals surface area contributed by atoms with Crippen LogP contribution in [0, 0.1) is 0 Å². The van der Waals surface area contributed by atoms with Crippen LogP contribution in [-0.2, 0) is 11.3 Å². The molecule has 1 aliphatic heterocycles. The largest absolute Gasteiger partial charge is 0.497 e. The maximum Gasteiger partial charge on any atom is 0.238 e. The Balaban J connectivity index is 1.51. The zero-order chi connectivity index (χ0) is 17.6.